The molecule has 1 saturated heterocycles. The number of amides is 1. The fourth-order valence-corrected chi connectivity index (χ4v) is 2.93. The molecule has 25 heavy (non-hydrogen) atoms. The van der Waals surface area contributed by atoms with Crippen LogP contribution in [0.3, 0.4) is 0 Å². The van der Waals surface area contributed by atoms with Crippen LogP contribution in [0, 0.1) is 5.92 Å². The highest BCUT2D eigenvalue weighted by atomic mass is 16.2. The molecule has 3 N–H and O–H groups in total. The van der Waals surface area contributed by atoms with E-state index < -0.39 is 11.2 Å². The maximum absolute atomic E-state index is 12.0. The molecule has 3 heterocycles. The van der Waals surface area contributed by atoms with E-state index in [1.807, 2.05) is 0 Å². The first-order valence-electron chi connectivity index (χ1n) is 8.21. The van der Waals surface area contributed by atoms with Crippen molar-refractivity contribution >= 4 is 11.9 Å². The Labute approximate surface area is 143 Å². The van der Waals surface area contributed by atoms with Crippen LogP contribution in [0.25, 0.3) is 0 Å². The fraction of sp³-hybridized carbons (Fsp3) is 0.438. The Morgan fingerprint density at radius 1 is 1.32 bits per heavy atom. The normalized spacial score (nSPS) is 17.3. The molecule has 2 aromatic rings. The third-order valence-corrected chi connectivity index (χ3v) is 4.19. The maximum atomic E-state index is 12.0. The van der Waals surface area contributed by atoms with Gasteiger partial charge in [0.1, 0.15) is 0 Å². The van der Waals surface area contributed by atoms with E-state index in [1.54, 1.807) is 18.5 Å². The van der Waals surface area contributed by atoms with Crippen LogP contribution in [0.5, 0.6) is 0 Å². The van der Waals surface area contributed by atoms with Gasteiger partial charge in [-0.15, -0.1) is 0 Å². The predicted molar refractivity (Wildman–Crippen MR) is 91.4 cm³/mol. The van der Waals surface area contributed by atoms with Gasteiger partial charge in [0, 0.05) is 43.8 Å². The minimum Gasteiger partial charge on any atom is -0.355 e. The summed E-state index contributed by atoms with van der Waals surface area (Å²) in [6.07, 6.45) is 6.67. The van der Waals surface area contributed by atoms with Crippen molar-refractivity contribution in [1.82, 2.24) is 25.3 Å². The number of nitrogens with one attached hydrogen (secondary N) is 3. The molecule has 0 aromatic carbocycles. The Morgan fingerprint density at radius 2 is 2.12 bits per heavy atom. The van der Waals surface area contributed by atoms with E-state index in [4.69, 9.17) is 0 Å². The van der Waals surface area contributed by atoms with Crippen LogP contribution in [-0.2, 0) is 11.2 Å². The molecule has 132 valence electrons. The second-order valence-electron chi connectivity index (χ2n) is 6.08. The van der Waals surface area contributed by atoms with Crippen molar-refractivity contribution in [2.45, 2.75) is 19.3 Å². The summed E-state index contributed by atoms with van der Waals surface area (Å²) in [5.41, 5.74) is -0.886. The van der Waals surface area contributed by atoms with Crippen LogP contribution >= 0.6 is 0 Å². The Hall–Kier alpha value is -2.97. The van der Waals surface area contributed by atoms with Crippen molar-refractivity contribution in [3.8, 4) is 0 Å². The lowest BCUT2D eigenvalue weighted by molar-refractivity contribution is -0.120. The number of carbonyl (C=O) groups is 1. The summed E-state index contributed by atoms with van der Waals surface area (Å²) < 4.78 is 0. The molecular weight excluding hydrogens is 324 g/mol. The van der Waals surface area contributed by atoms with Gasteiger partial charge < -0.3 is 15.2 Å². The topological polar surface area (TPSA) is 124 Å². The van der Waals surface area contributed by atoms with Gasteiger partial charge in [0.2, 0.25) is 11.9 Å². The molecule has 0 bridgehead atoms. The number of piperidine rings is 1. The molecule has 1 amide bonds. The summed E-state index contributed by atoms with van der Waals surface area (Å²) in [6, 6.07) is 1.78. The zero-order valence-corrected chi connectivity index (χ0v) is 13.7. The van der Waals surface area contributed by atoms with Crippen LogP contribution < -0.4 is 21.5 Å². The molecule has 2 aromatic heterocycles. The SMILES string of the molecule is O=C(Cc1c[nH]c(=O)[nH]c1=O)NC[C@H]1CCCN(c2ncccn2)C1. The lowest BCUT2D eigenvalue weighted by atomic mass is 9.98. The van der Waals surface area contributed by atoms with Gasteiger partial charge in [-0.05, 0) is 24.8 Å². The summed E-state index contributed by atoms with van der Waals surface area (Å²) in [5.74, 6) is 0.763. The summed E-state index contributed by atoms with van der Waals surface area (Å²) in [4.78, 5) is 49.8. The lowest BCUT2D eigenvalue weighted by Gasteiger charge is -2.32. The number of aromatic nitrogens is 4. The summed E-state index contributed by atoms with van der Waals surface area (Å²) >= 11 is 0. The van der Waals surface area contributed by atoms with Gasteiger partial charge in [0.05, 0.1) is 6.42 Å². The van der Waals surface area contributed by atoms with Gasteiger partial charge in [-0.3, -0.25) is 14.6 Å². The lowest BCUT2D eigenvalue weighted by Crippen LogP contribution is -2.42. The molecule has 0 radical (unpaired) electrons. The van der Waals surface area contributed by atoms with Crippen molar-refractivity contribution in [3.05, 3.63) is 51.1 Å². The minimum absolute atomic E-state index is 0.0651. The van der Waals surface area contributed by atoms with Gasteiger partial charge in [-0.25, -0.2) is 14.8 Å². The van der Waals surface area contributed by atoms with E-state index in [0.717, 1.165) is 25.9 Å². The van der Waals surface area contributed by atoms with Gasteiger partial charge in [0.25, 0.3) is 5.56 Å². The van der Waals surface area contributed by atoms with Crippen LogP contribution in [0.2, 0.25) is 0 Å². The molecule has 3 rings (SSSR count). The van der Waals surface area contributed by atoms with Crippen LogP contribution in [0.4, 0.5) is 5.95 Å². The Morgan fingerprint density at radius 3 is 2.88 bits per heavy atom. The molecule has 0 saturated carbocycles. The van der Waals surface area contributed by atoms with Crippen molar-refractivity contribution in [3.63, 3.8) is 0 Å². The van der Waals surface area contributed by atoms with E-state index in [1.165, 1.54) is 6.20 Å². The average molecular weight is 344 g/mol. The molecule has 1 aliphatic rings. The monoisotopic (exact) mass is 344 g/mol. The molecule has 1 aliphatic heterocycles. The van der Waals surface area contributed by atoms with Crippen molar-refractivity contribution in [1.29, 1.82) is 0 Å². The molecule has 9 heteroatoms. The first-order chi connectivity index (χ1) is 12.1. The third-order valence-electron chi connectivity index (χ3n) is 4.19. The van der Waals surface area contributed by atoms with E-state index in [9.17, 15) is 14.4 Å². The number of hydrogen-bond donors (Lipinski definition) is 3. The average Bonchev–Trinajstić information content (AvgIpc) is 2.63. The standard InChI is InChI=1S/C16H20N6O3/c23-13(7-12-9-20-16(25)21-14(12)24)19-8-11-3-1-6-22(10-11)15-17-4-2-5-18-15/h2,4-5,9,11H,1,3,6-8,10H2,(H,19,23)(H2,20,21,24,25)/t11-/m1/s1. The first-order valence-corrected chi connectivity index (χ1v) is 8.21. The van der Waals surface area contributed by atoms with Gasteiger partial charge >= 0.3 is 5.69 Å². The van der Waals surface area contributed by atoms with Gasteiger partial charge in [0.15, 0.2) is 0 Å². The highest BCUT2D eigenvalue weighted by Gasteiger charge is 2.22. The van der Waals surface area contributed by atoms with E-state index in [2.05, 4.69) is 30.2 Å². The summed E-state index contributed by atoms with van der Waals surface area (Å²) in [7, 11) is 0. The summed E-state index contributed by atoms with van der Waals surface area (Å²) in [6.45, 7) is 2.22. The predicted octanol–water partition coefficient (Wildman–Crippen LogP) is -0.571. The molecule has 0 spiro atoms. The number of hydrogen-bond acceptors (Lipinski definition) is 6. The number of aromatic amines is 2. The Bertz CT molecular complexity index is 832. The number of nitrogens with zero attached hydrogens (tertiary/aromatic N) is 3. The van der Waals surface area contributed by atoms with Gasteiger partial charge in [-0.1, -0.05) is 0 Å². The largest absolute Gasteiger partial charge is 0.355 e. The molecule has 0 unspecified atom stereocenters. The molecular formula is C16H20N6O3. The van der Waals surface area contributed by atoms with Crippen molar-refractivity contribution in [2.24, 2.45) is 5.92 Å². The molecule has 9 nitrogen and oxygen atoms in total. The zero-order valence-electron chi connectivity index (χ0n) is 13.7. The van der Waals surface area contributed by atoms with E-state index >= 15 is 0 Å². The molecule has 1 atom stereocenters. The Kier molecular flexibility index (Phi) is 5.22. The molecule has 1 fully saturated rings. The van der Waals surface area contributed by atoms with Gasteiger partial charge in [-0.2, -0.15) is 0 Å². The van der Waals surface area contributed by atoms with Crippen LogP contribution in [-0.4, -0.2) is 45.5 Å². The van der Waals surface area contributed by atoms with Crippen molar-refractivity contribution in [2.75, 3.05) is 24.5 Å². The smallest absolute Gasteiger partial charge is 0.325 e. The first kappa shape index (κ1) is 16.9. The fourth-order valence-electron chi connectivity index (χ4n) is 2.93. The maximum Gasteiger partial charge on any atom is 0.325 e. The van der Waals surface area contributed by atoms with Crippen LogP contribution in [0.15, 0.2) is 34.2 Å². The number of rotatable bonds is 5. The van der Waals surface area contributed by atoms with Crippen molar-refractivity contribution < 1.29 is 4.79 Å². The van der Waals surface area contributed by atoms with E-state index in [0.29, 0.717) is 18.4 Å². The highest BCUT2D eigenvalue weighted by Crippen LogP contribution is 2.19. The summed E-state index contributed by atoms with van der Waals surface area (Å²) in [5, 5.41) is 2.86. The highest BCUT2D eigenvalue weighted by molar-refractivity contribution is 5.78. The Balaban J connectivity index is 1.51. The number of H-pyrrole nitrogens is 2. The second-order valence-corrected chi connectivity index (χ2v) is 6.08. The molecule has 0 aliphatic carbocycles. The number of anilines is 1. The van der Waals surface area contributed by atoms with E-state index in [-0.39, 0.29) is 17.9 Å². The minimum atomic E-state index is -0.584. The third kappa shape index (κ3) is 4.52. The zero-order chi connectivity index (χ0) is 17.6. The number of carbonyl (C=O) groups excluding carboxylic acids is 1. The second kappa shape index (κ2) is 7.73. The quantitative estimate of drug-likeness (QED) is 0.667. The van der Waals surface area contributed by atoms with Crippen LogP contribution in [0.1, 0.15) is 18.4 Å².